The fraction of sp³-hybridized carbons (Fsp3) is 0.571. The standard InChI is InChI=1S/C63H98O6/c1-4-7-10-13-15-17-19-21-23-25-27-28-29-30-31-32-33-34-36-37-39-41-43-45-47-50-53-56-62(65)68-59-60(58-67-61(64)55-52-49-12-9-6-3)69-63(66)57-54-51-48-46-44-42-40-38-35-26-24-22-20-18-16-14-11-8-5-2/h7-8,10-11,15-18,21-24,27-28,30-31,33-35,38,42,44,48,51,60H,4-6,9,12-14,19-20,25-26,29,32,36-37,39-41,43,45-47,49-50,52-59H2,1-3H3/b10-7-,11-8-,17-15-,18-16-,23-21-,24-22-,28-27-,31-30-,34-33-,38-35-,44-42-,51-48-. The zero-order chi connectivity index (χ0) is 50.0. The van der Waals surface area contributed by atoms with Gasteiger partial charge in [-0.05, 0) is 109 Å². The Bertz CT molecular complexity index is 1560. The molecule has 0 saturated carbocycles. The molecule has 0 saturated heterocycles. The molecule has 6 nitrogen and oxygen atoms in total. The van der Waals surface area contributed by atoms with Gasteiger partial charge in [-0.15, -0.1) is 0 Å². The van der Waals surface area contributed by atoms with Crippen LogP contribution >= 0.6 is 0 Å². The van der Waals surface area contributed by atoms with Gasteiger partial charge in [-0.1, -0.05) is 231 Å². The van der Waals surface area contributed by atoms with E-state index < -0.39 is 12.1 Å². The minimum Gasteiger partial charge on any atom is -0.462 e. The smallest absolute Gasteiger partial charge is 0.306 e. The predicted molar refractivity (Wildman–Crippen MR) is 297 cm³/mol. The minimum absolute atomic E-state index is 0.117. The molecule has 0 aliphatic carbocycles. The Morgan fingerprint density at radius 3 is 0.942 bits per heavy atom. The number of ether oxygens (including phenoxy) is 3. The summed E-state index contributed by atoms with van der Waals surface area (Å²) in [4.78, 5) is 37.7. The van der Waals surface area contributed by atoms with Crippen molar-refractivity contribution in [2.24, 2.45) is 0 Å². The van der Waals surface area contributed by atoms with Gasteiger partial charge >= 0.3 is 17.9 Å². The minimum atomic E-state index is -0.824. The molecule has 386 valence electrons. The number of carbonyl (C=O) groups excluding carboxylic acids is 3. The van der Waals surface area contributed by atoms with Crippen LogP contribution in [0, 0.1) is 0 Å². The molecule has 1 unspecified atom stereocenters. The van der Waals surface area contributed by atoms with Crippen molar-refractivity contribution in [2.45, 2.75) is 219 Å². The van der Waals surface area contributed by atoms with E-state index >= 15 is 0 Å². The fourth-order valence-electron chi connectivity index (χ4n) is 6.82. The van der Waals surface area contributed by atoms with Gasteiger partial charge in [0.15, 0.2) is 6.10 Å². The maximum Gasteiger partial charge on any atom is 0.306 e. The summed E-state index contributed by atoms with van der Waals surface area (Å²) < 4.78 is 16.6. The monoisotopic (exact) mass is 951 g/mol. The third kappa shape index (κ3) is 54.1. The van der Waals surface area contributed by atoms with Gasteiger partial charge in [-0.2, -0.15) is 0 Å². The molecule has 1 atom stereocenters. The third-order valence-electron chi connectivity index (χ3n) is 10.9. The number of esters is 3. The Kier molecular flexibility index (Phi) is 52.1. The lowest BCUT2D eigenvalue weighted by molar-refractivity contribution is -0.166. The summed E-state index contributed by atoms with van der Waals surface area (Å²) in [6.45, 7) is 6.23. The Labute approximate surface area is 423 Å². The van der Waals surface area contributed by atoms with E-state index in [2.05, 4.69) is 154 Å². The quantitative estimate of drug-likeness (QED) is 0.0262. The predicted octanol–water partition coefficient (Wildman–Crippen LogP) is 18.4. The van der Waals surface area contributed by atoms with Crippen molar-refractivity contribution in [1.82, 2.24) is 0 Å². The summed E-state index contributed by atoms with van der Waals surface area (Å²) in [5.74, 6) is -1.03. The second-order valence-electron chi connectivity index (χ2n) is 17.4. The van der Waals surface area contributed by atoms with Crippen LogP contribution in [0.4, 0.5) is 0 Å². The fourth-order valence-corrected chi connectivity index (χ4v) is 6.82. The topological polar surface area (TPSA) is 78.9 Å². The van der Waals surface area contributed by atoms with Gasteiger partial charge in [0.1, 0.15) is 13.2 Å². The van der Waals surface area contributed by atoms with Crippen LogP contribution in [0.15, 0.2) is 146 Å². The molecule has 0 aromatic rings. The van der Waals surface area contributed by atoms with Crippen LogP contribution in [-0.2, 0) is 28.6 Å². The maximum atomic E-state index is 12.7. The van der Waals surface area contributed by atoms with Gasteiger partial charge in [-0.3, -0.25) is 14.4 Å². The van der Waals surface area contributed by atoms with E-state index in [1.165, 1.54) is 32.1 Å². The highest BCUT2D eigenvalue weighted by molar-refractivity contribution is 5.71. The first-order valence-electron chi connectivity index (χ1n) is 27.3. The molecule has 0 fully saturated rings. The van der Waals surface area contributed by atoms with E-state index in [9.17, 15) is 14.4 Å². The average molecular weight is 951 g/mol. The highest BCUT2D eigenvalue weighted by Gasteiger charge is 2.19. The molecule has 0 aliphatic rings. The molecule has 0 aromatic carbocycles. The van der Waals surface area contributed by atoms with Gasteiger partial charge in [0.05, 0.1) is 0 Å². The number of unbranched alkanes of at least 4 members (excludes halogenated alkanes) is 12. The van der Waals surface area contributed by atoms with Crippen molar-refractivity contribution in [2.75, 3.05) is 13.2 Å². The van der Waals surface area contributed by atoms with E-state index in [0.29, 0.717) is 19.3 Å². The van der Waals surface area contributed by atoms with Crippen molar-refractivity contribution in [1.29, 1.82) is 0 Å². The lowest BCUT2D eigenvalue weighted by Gasteiger charge is -2.18. The molecule has 0 heterocycles. The van der Waals surface area contributed by atoms with E-state index in [1.807, 2.05) is 12.2 Å². The van der Waals surface area contributed by atoms with Crippen molar-refractivity contribution in [3.8, 4) is 0 Å². The Hall–Kier alpha value is -4.71. The molecule has 0 radical (unpaired) electrons. The molecule has 0 bridgehead atoms. The van der Waals surface area contributed by atoms with E-state index in [1.54, 1.807) is 0 Å². The van der Waals surface area contributed by atoms with Crippen molar-refractivity contribution >= 4 is 17.9 Å². The van der Waals surface area contributed by atoms with Crippen LogP contribution in [0.3, 0.4) is 0 Å². The summed E-state index contributed by atoms with van der Waals surface area (Å²) in [5, 5.41) is 0. The van der Waals surface area contributed by atoms with Crippen LogP contribution in [0.5, 0.6) is 0 Å². The maximum absolute atomic E-state index is 12.7. The first kappa shape index (κ1) is 64.3. The number of carbonyl (C=O) groups is 3. The first-order valence-corrected chi connectivity index (χ1v) is 27.3. The SMILES string of the molecule is CC/C=C\C/C=C\C/C=C\C/C=C\C/C=C\C/C=C\CCCCCCCCCCC(=O)OCC(COC(=O)CCCCCCC)OC(=O)CC/C=C\C/C=C\C/C=C\C/C=C\C/C=C\C/C=C\CC. The van der Waals surface area contributed by atoms with Gasteiger partial charge < -0.3 is 14.2 Å². The summed E-state index contributed by atoms with van der Waals surface area (Å²) in [6.07, 6.45) is 80.3. The second-order valence-corrected chi connectivity index (χ2v) is 17.4. The largest absolute Gasteiger partial charge is 0.462 e. The zero-order valence-corrected chi connectivity index (χ0v) is 44.0. The highest BCUT2D eigenvalue weighted by Crippen LogP contribution is 2.13. The average Bonchev–Trinajstić information content (AvgIpc) is 3.35. The molecule has 0 aliphatic heterocycles. The van der Waals surface area contributed by atoms with Crippen LogP contribution < -0.4 is 0 Å². The second kappa shape index (κ2) is 55.9. The molecule has 0 spiro atoms. The Morgan fingerprint density at radius 2 is 0.594 bits per heavy atom. The molecular weight excluding hydrogens is 853 g/mol. The lowest BCUT2D eigenvalue weighted by atomic mass is 10.1. The highest BCUT2D eigenvalue weighted by atomic mass is 16.6. The van der Waals surface area contributed by atoms with Crippen LogP contribution in [0.1, 0.15) is 213 Å². The molecule has 0 aromatic heterocycles. The van der Waals surface area contributed by atoms with Crippen molar-refractivity contribution < 1.29 is 28.6 Å². The number of hydrogen-bond acceptors (Lipinski definition) is 6. The van der Waals surface area contributed by atoms with Crippen LogP contribution in [0.2, 0.25) is 0 Å². The normalized spacial score (nSPS) is 13.3. The number of allylic oxidation sites excluding steroid dienone is 24. The van der Waals surface area contributed by atoms with E-state index in [4.69, 9.17) is 14.2 Å². The Balaban J connectivity index is 4.26. The molecule has 0 rings (SSSR count). The van der Waals surface area contributed by atoms with Crippen molar-refractivity contribution in [3.05, 3.63) is 146 Å². The first-order chi connectivity index (χ1) is 34.0. The van der Waals surface area contributed by atoms with Crippen molar-refractivity contribution in [3.63, 3.8) is 0 Å². The number of rotatable bonds is 47. The summed E-state index contributed by atoms with van der Waals surface area (Å²) in [5.41, 5.74) is 0. The van der Waals surface area contributed by atoms with Crippen LogP contribution in [0.25, 0.3) is 0 Å². The molecule has 0 amide bonds. The summed E-state index contributed by atoms with van der Waals surface area (Å²) >= 11 is 0. The van der Waals surface area contributed by atoms with E-state index in [-0.39, 0.29) is 31.6 Å². The lowest BCUT2D eigenvalue weighted by Crippen LogP contribution is -2.30. The van der Waals surface area contributed by atoms with Gasteiger partial charge in [0.25, 0.3) is 0 Å². The summed E-state index contributed by atoms with van der Waals surface area (Å²) in [7, 11) is 0. The Morgan fingerprint density at radius 1 is 0.304 bits per heavy atom. The van der Waals surface area contributed by atoms with Gasteiger partial charge in [0.2, 0.25) is 0 Å². The van der Waals surface area contributed by atoms with Crippen LogP contribution in [-0.4, -0.2) is 37.2 Å². The van der Waals surface area contributed by atoms with Gasteiger partial charge in [-0.25, -0.2) is 0 Å². The molecule has 69 heavy (non-hydrogen) atoms. The van der Waals surface area contributed by atoms with Gasteiger partial charge in [0, 0.05) is 19.3 Å². The number of hydrogen-bond donors (Lipinski definition) is 0. The zero-order valence-electron chi connectivity index (χ0n) is 44.0. The molecule has 6 heteroatoms. The third-order valence-corrected chi connectivity index (χ3v) is 10.9. The molecular formula is C63H98O6. The summed E-state index contributed by atoms with van der Waals surface area (Å²) in [6, 6.07) is 0. The van der Waals surface area contributed by atoms with E-state index in [0.717, 1.165) is 135 Å². The molecule has 0 N–H and O–H groups in total.